The lowest BCUT2D eigenvalue weighted by atomic mass is 10.1. The number of piperazine rings is 1. The average Bonchev–Trinajstić information content (AvgIpc) is 2.67. The first-order valence-corrected chi connectivity index (χ1v) is 8.55. The summed E-state index contributed by atoms with van der Waals surface area (Å²) in [5.41, 5.74) is 1.36. The maximum absolute atomic E-state index is 13.9. The summed E-state index contributed by atoms with van der Waals surface area (Å²) in [6.45, 7) is 2.13. The molecular weight excluding hydrogens is 359 g/mol. The Balaban J connectivity index is 1.66. The summed E-state index contributed by atoms with van der Waals surface area (Å²) in [5, 5.41) is 0.121. The van der Waals surface area contributed by atoms with Crippen molar-refractivity contribution in [1.29, 1.82) is 0 Å². The number of benzene rings is 2. The van der Waals surface area contributed by atoms with E-state index in [-0.39, 0.29) is 16.6 Å². The Bertz CT molecular complexity index is 798. The van der Waals surface area contributed by atoms with E-state index in [1.54, 1.807) is 17.0 Å². The smallest absolute Gasteiger partial charge is 0.337 e. The Morgan fingerprint density at radius 1 is 1.04 bits per heavy atom. The predicted octanol–water partition coefficient (Wildman–Crippen LogP) is 3.23. The molecule has 1 saturated heterocycles. The van der Waals surface area contributed by atoms with Gasteiger partial charge in [0.25, 0.3) is 5.91 Å². The third-order valence-corrected chi connectivity index (χ3v) is 4.71. The van der Waals surface area contributed by atoms with Crippen LogP contribution in [0.4, 0.5) is 10.1 Å². The van der Waals surface area contributed by atoms with Crippen molar-refractivity contribution in [2.24, 2.45) is 0 Å². The fraction of sp³-hybridized carbons (Fsp3) is 0.263. The van der Waals surface area contributed by atoms with Crippen molar-refractivity contribution in [3.05, 3.63) is 64.4 Å². The van der Waals surface area contributed by atoms with Gasteiger partial charge >= 0.3 is 5.97 Å². The summed E-state index contributed by atoms with van der Waals surface area (Å²) in [5.74, 6) is -1.38. The van der Waals surface area contributed by atoms with Gasteiger partial charge in [0.05, 0.1) is 23.3 Å². The number of carbonyl (C=O) groups is 2. The van der Waals surface area contributed by atoms with Crippen LogP contribution >= 0.6 is 11.6 Å². The van der Waals surface area contributed by atoms with Gasteiger partial charge in [0, 0.05) is 31.9 Å². The molecule has 1 fully saturated rings. The van der Waals surface area contributed by atoms with Crippen LogP contribution < -0.4 is 4.90 Å². The highest BCUT2D eigenvalue weighted by atomic mass is 35.5. The van der Waals surface area contributed by atoms with Gasteiger partial charge in [-0.2, -0.15) is 0 Å². The number of hydrogen-bond donors (Lipinski definition) is 0. The summed E-state index contributed by atoms with van der Waals surface area (Å²) >= 11 is 5.98. The van der Waals surface area contributed by atoms with Crippen molar-refractivity contribution >= 4 is 29.2 Å². The van der Waals surface area contributed by atoms with Gasteiger partial charge in [-0.05, 0) is 36.4 Å². The molecule has 1 aliphatic rings. The van der Waals surface area contributed by atoms with Gasteiger partial charge in [-0.1, -0.05) is 17.7 Å². The monoisotopic (exact) mass is 376 g/mol. The first-order valence-electron chi connectivity index (χ1n) is 8.18. The molecule has 0 aromatic heterocycles. The van der Waals surface area contributed by atoms with Gasteiger partial charge in [0.2, 0.25) is 0 Å². The molecule has 1 amide bonds. The Morgan fingerprint density at radius 3 is 2.27 bits per heavy atom. The first kappa shape index (κ1) is 18.2. The second kappa shape index (κ2) is 7.74. The van der Waals surface area contributed by atoms with Crippen molar-refractivity contribution in [2.75, 3.05) is 38.2 Å². The highest BCUT2D eigenvalue weighted by Gasteiger charge is 2.26. The highest BCUT2D eigenvalue weighted by molar-refractivity contribution is 6.33. The number of halogens is 2. The number of carbonyl (C=O) groups excluding carboxylic acids is 2. The highest BCUT2D eigenvalue weighted by Crippen LogP contribution is 2.23. The average molecular weight is 377 g/mol. The summed E-state index contributed by atoms with van der Waals surface area (Å²) in [6, 6.07) is 11.3. The standard InChI is InChI=1S/C19H18ClFN2O3/c1-26-19(25)13-5-7-14(8-6-13)22-9-11-23(12-10-22)18(24)17-15(20)3-2-4-16(17)21/h2-8H,9-12H2,1H3. The quantitative estimate of drug-likeness (QED) is 0.772. The van der Waals surface area contributed by atoms with Gasteiger partial charge in [0.1, 0.15) is 5.82 Å². The summed E-state index contributed by atoms with van der Waals surface area (Å²) in [7, 11) is 1.34. The first-order chi connectivity index (χ1) is 12.5. The van der Waals surface area contributed by atoms with E-state index in [1.807, 2.05) is 12.1 Å². The van der Waals surface area contributed by atoms with Gasteiger partial charge in [-0.15, -0.1) is 0 Å². The van der Waals surface area contributed by atoms with Crippen LogP contribution in [0, 0.1) is 5.82 Å². The van der Waals surface area contributed by atoms with E-state index in [4.69, 9.17) is 11.6 Å². The minimum absolute atomic E-state index is 0.0787. The second-order valence-corrected chi connectivity index (χ2v) is 6.32. The van der Waals surface area contributed by atoms with Crippen LogP contribution in [0.1, 0.15) is 20.7 Å². The van der Waals surface area contributed by atoms with Crippen LogP contribution in [0.2, 0.25) is 5.02 Å². The molecule has 3 rings (SSSR count). The second-order valence-electron chi connectivity index (χ2n) is 5.91. The third-order valence-electron chi connectivity index (χ3n) is 4.40. The zero-order valence-electron chi connectivity index (χ0n) is 14.2. The molecule has 0 atom stereocenters. The number of nitrogens with zero attached hydrogens (tertiary/aromatic N) is 2. The Kier molecular flexibility index (Phi) is 5.42. The van der Waals surface area contributed by atoms with Crippen LogP contribution in [0.15, 0.2) is 42.5 Å². The number of ether oxygens (including phenoxy) is 1. The van der Waals surface area contributed by atoms with E-state index in [0.717, 1.165) is 5.69 Å². The van der Waals surface area contributed by atoms with Crippen LogP contribution in [0.25, 0.3) is 0 Å². The minimum atomic E-state index is -0.608. The number of amides is 1. The lowest BCUT2D eigenvalue weighted by Gasteiger charge is -2.36. The molecule has 2 aromatic rings. The zero-order valence-corrected chi connectivity index (χ0v) is 15.0. The van der Waals surface area contributed by atoms with E-state index in [2.05, 4.69) is 9.64 Å². The minimum Gasteiger partial charge on any atom is -0.465 e. The topological polar surface area (TPSA) is 49.9 Å². The molecule has 5 nitrogen and oxygen atoms in total. The molecule has 136 valence electrons. The SMILES string of the molecule is COC(=O)c1ccc(N2CCN(C(=O)c3c(F)cccc3Cl)CC2)cc1. The molecule has 0 N–H and O–H groups in total. The van der Waals surface area contributed by atoms with E-state index >= 15 is 0 Å². The molecule has 0 spiro atoms. The number of rotatable bonds is 3. The lowest BCUT2D eigenvalue weighted by Crippen LogP contribution is -2.49. The van der Waals surface area contributed by atoms with E-state index in [1.165, 1.54) is 25.3 Å². The Morgan fingerprint density at radius 2 is 1.69 bits per heavy atom. The van der Waals surface area contributed by atoms with Crippen molar-refractivity contribution in [3.63, 3.8) is 0 Å². The summed E-state index contributed by atoms with van der Waals surface area (Å²) in [4.78, 5) is 27.8. The zero-order chi connectivity index (χ0) is 18.7. The predicted molar refractivity (Wildman–Crippen MR) is 97.3 cm³/mol. The van der Waals surface area contributed by atoms with Crippen molar-refractivity contribution in [3.8, 4) is 0 Å². The summed E-state index contributed by atoms with van der Waals surface area (Å²) in [6.07, 6.45) is 0. The molecule has 0 bridgehead atoms. The van der Waals surface area contributed by atoms with Crippen molar-refractivity contribution < 1.29 is 18.7 Å². The van der Waals surface area contributed by atoms with Crippen molar-refractivity contribution in [1.82, 2.24) is 4.90 Å². The molecule has 7 heteroatoms. The molecular formula is C19H18ClFN2O3. The molecule has 0 radical (unpaired) electrons. The largest absolute Gasteiger partial charge is 0.465 e. The molecule has 0 saturated carbocycles. The maximum atomic E-state index is 13.9. The van der Waals surface area contributed by atoms with Gasteiger partial charge in [-0.25, -0.2) is 9.18 Å². The van der Waals surface area contributed by atoms with Crippen LogP contribution in [-0.2, 0) is 4.74 Å². The number of hydrogen-bond acceptors (Lipinski definition) is 4. The number of esters is 1. The number of methoxy groups -OCH3 is 1. The fourth-order valence-electron chi connectivity index (χ4n) is 2.95. The Hall–Kier alpha value is -2.60. The van der Waals surface area contributed by atoms with Gasteiger partial charge in [0.15, 0.2) is 0 Å². The Labute approximate surface area is 155 Å². The van der Waals surface area contributed by atoms with Crippen LogP contribution in [0.5, 0.6) is 0 Å². The van der Waals surface area contributed by atoms with Crippen LogP contribution in [0.3, 0.4) is 0 Å². The molecule has 2 aromatic carbocycles. The lowest BCUT2D eigenvalue weighted by molar-refractivity contribution is 0.0600. The van der Waals surface area contributed by atoms with Gasteiger partial charge < -0.3 is 14.5 Å². The molecule has 0 unspecified atom stereocenters. The molecule has 1 heterocycles. The molecule has 0 aliphatic carbocycles. The molecule has 26 heavy (non-hydrogen) atoms. The van der Waals surface area contributed by atoms with Crippen LogP contribution in [-0.4, -0.2) is 50.1 Å². The van der Waals surface area contributed by atoms with E-state index in [9.17, 15) is 14.0 Å². The van der Waals surface area contributed by atoms with Gasteiger partial charge in [-0.3, -0.25) is 4.79 Å². The third kappa shape index (κ3) is 3.65. The van der Waals surface area contributed by atoms with Crippen molar-refractivity contribution in [2.45, 2.75) is 0 Å². The normalized spacial score (nSPS) is 14.3. The number of anilines is 1. The van der Waals surface area contributed by atoms with E-state index < -0.39 is 11.7 Å². The molecule has 1 aliphatic heterocycles. The summed E-state index contributed by atoms with van der Waals surface area (Å²) < 4.78 is 18.6. The maximum Gasteiger partial charge on any atom is 0.337 e. The van der Waals surface area contributed by atoms with E-state index in [0.29, 0.717) is 31.7 Å². The fourth-order valence-corrected chi connectivity index (χ4v) is 3.20.